The monoisotopic (exact) mass is 401 g/mol. The van der Waals surface area contributed by atoms with E-state index in [0.29, 0.717) is 0 Å². The predicted molar refractivity (Wildman–Crippen MR) is 99.9 cm³/mol. The van der Waals surface area contributed by atoms with Crippen LogP contribution in [0.5, 0.6) is 0 Å². The standard InChI is InChI=1S/C15H15BrPS3/c16-17(10-13-4-1-7-18-13,11-14-5-2-8-19-14)12-15-6-3-9-20-15/h1-9H,10-12H2/q+1. The van der Waals surface area contributed by atoms with Crippen molar-refractivity contribution in [3.05, 3.63) is 67.2 Å². The minimum Gasteiger partial charge on any atom is -0.145 e. The van der Waals surface area contributed by atoms with Crippen LogP contribution in [-0.2, 0) is 18.5 Å². The highest BCUT2D eigenvalue weighted by Crippen LogP contribution is 2.73. The minimum absolute atomic E-state index is 1.19. The Labute approximate surface area is 140 Å². The van der Waals surface area contributed by atoms with E-state index in [2.05, 4.69) is 68.0 Å². The van der Waals surface area contributed by atoms with Crippen molar-refractivity contribution in [3.8, 4) is 0 Å². The van der Waals surface area contributed by atoms with Gasteiger partial charge in [-0.05, 0) is 34.3 Å². The first-order valence-corrected chi connectivity index (χ1v) is 13.4. The van der Waals surface area contributed by atoms with Crippen LogP contribution in [0.2, 0.25) is 0 Å². The van der Waals surface area contributed by atoms with Crippen LogP contribution in [0.15, 0.2) is 52.5 Å². The van der Waals surface area contributed by atoms with Gasteiger partial charge in [0, 0.05) is 14.6 Å². The molecule has 3 heterocycles. The van der Waals surface area contributed by atoms with Gasteiger partial charge in [0.15, 0.2) is 0 Å². The molecule has 0 aliphatic heterocycles. The van der Waals surface area contributed by atoms with Crippen LogP contribution in [0.25, 0.3) is 0 Å². The molecule has 0 aliphatic carbocycles. The lowest BCUT2D eigenvalue weighted by Crippen LogP contribution is -1.96. The summed E-state index contributed by atoms with van der Waals surface area (Å²) in [4.78, 5) is 4.51. The Hall–Kier alpha value is 0.01000. The SMILES string of the molecule is Br[P+](Cc1cccs1)(Cc1cccs1)Cc1cccs1. The van der Waals surface area contributed by atoms with Crippen molar-refractivity contribution in [2.45, 2.75) is 18.5 Å². The Kier molecular flexibility index (Phi) is 5.11. The average Bonchev–Trinajstić information content (AvgIpc) is 3.11. The summed E-state index contributed by atoms with van der Waals surface area (Å²) in [6.45, 7) is 0. The summed E-state index contributed by atoms with van der Waals surface area (Å²) in [7, 11) is 0. The maximum absolute atomic E-state index is 4.18. The van der Waals surface area contributed by atoms with Crippen molar-refractivity contribution in [2.75, 3.05) is 0 Å². The highest BCUT2D eigenvalue weighted by Gasteiger charge is 2.37. The molecular formula is C15H15BrPS3+. The van der Waals surface area contributed by atoms with E-state index < -0.39 is 5.96 Å². The van der Waals surface area contributed by atoms with Gasteiger partial charge in [-0.1, -0.05) is 18.2 Å². The van der Waals surface area contributed by atoms with Crippen LogP contribution < -0.4 is 0 Å². The van der Waals surface area contributed by atoms with Crippen LogP contribution in [0.1, 0.15) is 14.6 Å². The maximum atomic E-state index is 4.18. The molecule has 0 bridgehead atoms. The highest BCUT2D eigenvalue weighted by molar-refractivity contribution is 9.42. The zero-order valence-corrected chi connectivity index (χ0v) is 15.8. The van der Waals surface area contributed by atoms with E-state index in [0.717, 1.165) is 0 Å². The highest BCUT2D eigenvalue weighted by atomic mass is 79.9. The Morgan fingerprint density at radius 3 is 1.30 bits per heavy atom. The van der Waals surface area contributed by atoms with Crippen LogP contribution in [0.4, 0.5) is 0 Å². The molecule has 3 aromatic heterocycles. The molecule has 0 saturated carbocycles. The first kappa shape index (κ1) is 14.9. The number of hydrogen-bond donors (Lipinski definition) is 0. The van der Waals surface area contributed by atoms with Crippen LogP contribution >= 0.6 is 55.5 Å². The molecule has 0 spiro atoms. The molecule has 5 heteroatoms. The van der Waals surface area contributed by atoms with Crippen molar-refractivity contribution in [3.63, 3.8) is 0 Å². The van der Waals surface area contributed by atoms with Gasteiger partial charge in [0.1, 0.15) is 34.0 Å². The fourth-order valence-electron chi connectivity index (χ4n) is 2.21. The Balaban J connectivity index is 1.81. The first-order valence-electron chi connectivity index (χ1n) is 6.36. The van der Waals surface area contributed by atoms with Gasteiger partial charge in [-0.15, -0.1) is 34.0 Å². The van der Waals surface area contributed by atoms with E-state index in [1.165, 1.54) is 33.1 Å². The molecule has 0 saturated heterocycles. The number of thiophene rings is 3. The van der Waals surface area contributed by atoms with Crippen molar-refractivity contribution in [1.82, 2.24) is 0 Å². The smallest absolute Gasteiger partial charge is 0.140 e. The number of halogens is 1. The van der Waals surface area contributed by atoms with E-state index in [9.17, 15) is 0 Å². The molecule has 0 amide bonds. The molecule has 104 valence electrons. The molecule has 0 unspecified atom stereocenters. The van der Waals surface area contributed by atoms with Crippen molar-refractivity contribution in [2.24, 2.45) is 0 Å². The zero-order chi connectivity index (χ0) is 13.8. The summed E-state index contributed by atoms with van der Waals surface area (Å²) >= 11 is 9.82. The first-order chi connectivity index (χ1) is 9.73. The quantitative estimate of drug-likeness (QED) is 0.386. The second kappa shape index (κ2) is 6.85. The summed E-state index contributed by atoms with van der Waals surface area (Å²) in [5.74, 6) is -1.19. The maximum Gasteiger partial charge on any atom is 0.140 e. The minimum atomic E-state index is -1.19. The Morgan fingerprint density at radius 1 is 0.700 bits per heavy atom. The van der Waals surface area contributed by atoms with Crippen LogP contribution in [0.3, 0.4) is 0 Å². The fraction of sp³-hybridized carbons (Fsp3) is 0.200. The zero-order valence-electron chi connectivity index (χ0n) is 10.9. The molecule has 20 heavy (non-hydrogen) atoms. The molecule has 0 fully saturated rings. The summed E-state index contributed by atoms with van der Waals surface area (Å²) < 4.78 is 0. The van der Waals surface area contributed by atoms with E-state index in [4.69, 9.17) is 0 Å². The summed E-state index contributed by atoms with van der Waals surface area (Å²) in [5, 5.41) is 6.55. The molecule has 0 nitrogen and oxygen atoms in total. The van der Waals surface area contributed by atoms with E-state index in [1.54, 1.807) is 0 Å². The molecule has 0 aliphatic rings. The topological polar surface area (TPSA) is 0 Å². The molecular weight excluding hydrogens is 387 g/mol. The van der Waals surface area contributed by atoms with Crippen LogP contribution in [-0.4, -0.2) is 0 Å². The van der Waals surface area contributed by atoms with E-state index in [-0.39, 0.29) is 0 Å². The van der Waals surface area contributed by atoms with Gasteiger partial charge >= 0.3 is 0 Å². The van der Waals surface area contributed by atoms with Gasteiger partial charge in [-0.25, -0.2) is 0 Å². The van der Waals surface area contributed by atoms with Gasteiger partial charge < -0.3 is 0 Å². The molecule has 3 rings (SSSR count). The molecule has 0 atom stereocenters. The van der Waals surface area contributed by atoms with Gasteiger partial charge in [-0.2, -0.15) is 0 Å². The second-order valence-electron chi connectivity index (χ2n) is 4.74. The lowest BCUT2D eigenvalue weighted by Gasteiger charge is -2.18. The lowest BCUT2D eigenvalue weighted by atomic mass is 10.5. The molecule has 0 N–H and O–H groups in total. The summed E-state index contributed by atoms with van der Waals surface area (Å²) in [5.41, 5.74) is 0. The van der Waals surface area contributed by atoms with Crippen molar-refractivity contribution >= 4 is 55.5 Å². The third kappa shape index (κ3) is 4.02. The third-order valence-electron chi connectivity index (χ3n) is 3.06. The van der Waals surface area contributed by atoms with E-state index >= 15 is 0 Å². The number of hydrogen-bond acceptors (Lipinski definition) is 3. The lowest BCUT2D eigenvalue weighted by molar-refractivity contribution is 1.33. The fourth-order valence-corrected chi connectivity index (χ4v) is 13.1. The molecule has 3 aromatic rings. The number of rotatable bonds is 6. The third-order valence-corrected chi connectivity index (χ3v) is 11.3. The average molecular weight is 402 g/mol. The van der Waals surface area contributed by atoms with Gasteiger partial charge in [0.05, 0.1) is 5.96 Å². The Bertz CT molecular complexity index is 525. The summed E-state index contributed by atoms with van der Waals surface area (Å²) in [6.07, 6.45) is 3.58. The van der Waals surface area contributed by atoms with E-state index in [1.807, 2.05) is 34.0 Å². The molecule has 0 radical (unpaired) electrons. The van der Waals surface area contributed by atoms with Gasteiger partial charge in [0.25, 0.3) is 0 Å². The summed E-state index contributed by atoms with van der Waals surface area (Å²) in [6, 6.07) is 13.3. The Morgan fingerprint density at radius 2 is 1.05 bits per heavy atom. The van der Waals surface area contributed by atoms with Crippen molar-refractivity contribution in [1.29, 1.82) is 0 Å². The second-order valence-corrected chi connectivity index (χ2v) is 15.4. The van der Waals surface area contributed by atoms with Crippen LogP contribution in [0, 0.1) is 0 Å². The van der Waals surface area contributed by atoms with Crippen molar-refractivity contribution < 1.29 is 0 Å². The van der Waals surface area contributed by atoms with Gasteiger partial charge in [0.2, 0.25) is 0 Å². The molecule has 0 aromatic carbocycles. The normalized spacial score (nSPS) is 11.8. The predicted octanol–water partition coefficient (Wildman–Crippen LogP) is 7.10. The largest absolute Gasteiger partial charge is 0.145 e. The van der Waals surface area contributed by atoms with Gasteiger partial charge in [-0.3, -0.25) is 0 Å².